The lowest BCUT2D eigenvalue weighted by Gasteiger charge is -2.37. The fourth-order valence-corrected chi connectivity index (χ4v) is 4.49. The molecule has 0 aromatic heterocycles. The van der Waals surface area contributed by atoms with Gasteiger partial charge in [0.05, 0.1) is 18.7 Å². The summed E-state index contributed by atoms with van der Waals surface area (Å²) in [5.74, 6) is 1.84. The Morgan fingerprint density at radius 1 is 1.03 bits per heavy atom. The van der Waals surface area contributed by atoms with E-state index in [1.54, 1.807) is 24.1 Å². The van der Waals surface area contributed by atoms with Gasteiger partial charge in [0, 0.05) is 50.9 Å². The van der Waals surface area contributed by atoms with Crippen LogP contribution in [0.3, 0.4) is 0 Å². The van der Waals surface area contributed by atoms with E-state index in [-0.39, 0.29) is 30.9 Å². The van der Waals surface area contributed by atoms with Crippen LogP contribution in [0.5, 0.6) is 17.2 Å². The van der Waals surface area contributed by atoms with Gasteiger partial charge in [-0.15, -0.1) is 0 Å². The monoisotopic (exact) mass is 423 g/mol. The first-order valence-corrected chi connectivity index (χ1v) is 10.5. The zero-order chi connectivity index (χ0) is 21.4. The summed E-state index contributed by atoms with van der Waals surface area (Å²) in [5.41, 5.74) is 1.78. The molecule has 8 heteroatoms. The summed E-state index contributed by atoms with van der Waals surface area (Å²) in [4.78, 5) is 31.6. The number of amides is 2. The molecule has 2 aromatic carbocycles. The topological polar surface area (TPSA) is 71.6 Å². The fourth-order valence-electron chi connectivity index (χ4n) is 4.49. The summed E-state index contributed by atoms with van der Waals surface area (Å²) in [6.45, 7) is 3.31. The number of hydrogen-bond donors (Lipinski definition) is 0. The van der Waals surface area contributed by atoms with E-state index in [1.165, 1.54) is 0 Å². The lowest BCUT2D eigenvalue weighted by atomic mass is 10.1. The normalized spacial score (nSPS) is 20.4. The molecule has 3 heterocycles. The number of carbonyl (C=O) groups excluding carboxylic acids is 2. The molecule has 2 fully saturated rings. The van der Waals surface area contributed by atoms with Crippen LogP contribution in [0.1, 0.15) is 6.42 Å². The SMILES string of the molecule is COc1ccccc1N1CCN(C(=O)C2CC(=O)N(c3ccc4c(c3)OCO4)C2)CC1. The summed E-state index contributed by atoms with van der Waals surface area (Å²) in [6, 6.07) is 13.4. The first kappa shape index (κ1) is 19.5. The van der Waals surface area contributed by atoms with E-state index in [9.17, 15) is 9.59 Å². The van der Waals surface area contributed by atoms with Crippen LogP contribution in [0.2, 0.25) is 0 Å². The molecule has 0 spiro atoms. The smallest absolute Gasteiger partial charge is 0.231 e. The van der Waals surface area contributed by atoms with Gasteiger partial charge in [-0.2, -0.15) is 0 Å². The molecule has 0 N–H and O–H groups in total. The van der Waals surface area contributed by atoms with Gasteiger partial charge in [0.1, 0.15) is 5.75 Å². The molecular weight excluding hydrogens is 398 g/mol. The maximum Gasteiger partial charge on any atom is 0.231 e. The quantitative estimate of drug-likeness (QED) is 0.750. The Labute approximate surface area is 180 Å². The molecule has 0 radical (unpaired) electrons. The Morgan fingerprint density at radius 3 is 2.61 bits per heavy atom. The number of piperazine rings is 1. The summed E-state index contributed by atoms with van der Waals surface area (Å²) in [6.07, 6.45) is 0.236. The first-order valence-electron chi connectivity index (χ1n) is 10.5. The third-order valence-corrected chi connectivity index (χ3v) is 6.16. The van der Waals surface area contributed by atoms with Crippen LogP contribution >= 0.6 is 0 Å². The first-order chi connectivity index (χ1) is 15.1. The number of benzene rings is 2. The average molecular weight is 423 g/mol. The number of fused-ring (bicyclic) bond motifs is 1. The van der Waals surface area contributed by atoms with Gasteiger partial charge in [-0.3, -0.25) is 9.59 Å². The van der Waals surface area contributed by atoms with Gasteiger partial charge in [-0.25, -0.2) is 0 Å². The second kappa shape index (κ2) is 8.02. The Hall–Kier alpha value is -3.42. The lowest BCUT2D eigenvalue weighted by molar-refractivity contribution is -0.136. The highest BCUT2D eigenvalue weighted by Gasteiger charge is 2.38. The van der Waals surface area contributed by atoms with E-state index in [2.05, 4.69) is 4.90 Å². The molecular formula is C23H25N3O5. The van der Waals surface area contributed by atoms with E-state index in [0.717, 1.165) is 30.2 Å². The van der Waals surface area contributed by atoms with Gasteiger partial charge in [0.25, 0.3) is 0 Å². The van der Waals surface area contributed by atoms with Gasteiger partial charge in [0.15, 0.2) is 11.5 Å². The van der Waals surface area contributed by atoms with Crippen molar-refractivity contribution in [3.63, 3.8) is 0 Å². The van der Waals surface area contributed by atoms with Gasteiger partial charge >= 0.3 is 0 Å². The van der Waals surface area contributed by atoms with Crippen LogP contribution in [0.25, 0.3) is 0 Å². The average Bonchev–Trinajstić information content (AvgIpc) is 3.44. The molecule has 2 aromatic rings. The maximum atomic E-state index is 13.1. The molecule has 1 atom stereocenters. The van der Waals surface area contributed by atoms with E-state index in [0.29, 0.717) is 31.1 Å². The summed E-state index contributed by atoms with van der Waals surface area (Å²) in [5, 5.41) is 0. The molecule has 0 bridgehead atoms. The largest absolute Gasteiger partial charge is 0.495 e. The number of anilines is 2. The number of rotatable bonds is 4. The number of ether oxygens (including phenoxy) is 3. The van der Waals surface area contributed by atoms with Crippen LogP contribution < -0.4 is 24.0 Å². The molecule has 1 unspecified atom stereocenters. The Kier molecular flexibility index (Phi) is 5.05. The number of carbonyl (C=O) groups is 2. The van der Waals surface area contributed by atoms with Crippen molar-refractivity contribution in [1.82, 2.24) is 4.90 Å². The zero-order valence-corrected chi connectivity index (χ0v) is 17.5. The van der Waals surface area contributed by atoms with Crippen molar-refractivity contribution in [2.24, 2.45) is 5.92 Å². The van der Waals surface area contributed by atoms with Gasteiger partial charge < -0.3 is 28.9 Å². The summed E-state index contributed by atoms with van der Waals surface area (Å²) < 4.78 is 16.2. The second-order valence-electron chi connectivity index (χ2n) is 7.93. The Balaban J connectivity index is 1.22. The highest BCUT2D eigenvalue weighted by atomic mass is 16.7. The number of methoxy groups -OCH3 is 1. The third kappa shape index (κ3) is 3.62. The minimum Gasteiger partial charge on any atom is -0.495 e. The molecule has 0 saturated carbocycles. The molecule has 3 aliphatic rings. The van der Waals surface area contributed by atoms with Crippen molar-refractivity contribution in [3.8, 4) is 17.2 Å². The van der Waals surface area contributed by atoms with E-state index >= 15 is 0 Å². The van der Waals surface area contributed by atoms with E-state index < -0.39 is 0 Å². The Morgan fingerprint density at radius 2 is 1.81 bits per heavy atom. The lowest BCUT2D eigenvalue weighted by Crippen LogP contribution is -2.50. The molecule has 5 rings (SSSR count). The minimum absolute atomic E-state index is 0.0372. The van der Waals surface area contributed by atoms with Crippen LogP contribution in [0, 0.1) is 5.92 Å². The number of nitrogens with zero attached hydrogens (tertiary/aromatic N) is 3. The standard InChI is InChI=1S/C23H25N3O5/c1-29-19-5-3-2-4-18(19)24-8-10-25(11-9-24)23(28)16-12-22(27)26(14-16)17-6-7-20-21(13-17)31-15-30-20/h2-7,13,16H,8-12,14-15H2,1H3. The van der Waals surface area contributed by atoms with Crippen molar-refractivity contribution >= 4 is 23.2 Å². The van der Waals surface area contributed by atoms with Gasteiger partial charge in [0.2, 0.25) is 18.6 Å². The van der Waals surface area contributed by atoms with Crippen molar-refractivity contribution in [2.75, 3.05) is 56.4 Å². The van der Waals surface area contributed by atoms with Gasteiger partial charge in [-0.05, 0) is 24.3 Å². The predicted octanol–water partition coefficient (Wildman–Crippen LogP) is 2.13. The van der Waals surface area contributed by atoms with Crippen molar-refractivity contribution < 1.29 is 23.8 Å². The minimum atomic E-state index is -0.323. The summed E-state index contributed by atoms with van der Waals surface area (Å²) in [7, 11) is 1.67. The molecule has 31 heavy (non-hydrogen) atoms. The molecule has 0 aliphatic carbocycles. The molecule has 2 saturated heterocycles. The number of para-hydroxylation sites is 2. The van der Waals surface area contributed by atoms with Crippen LogP contribution in [0.15, 0.2) is 42.5 Å². The molecule has 2 amide bonds. The van der Waals surface area contributed by atoms with Crippen molar-refractivity contribution in [2.45, 2.75) is 6.42 Å². The maximum absolute atomic E-state index is 13.1. The van der Waals surface area contributed by atoms with E-state index in [4.69, 9.17) is 14.2 Å². The predicted molar refractivity (Wildman–Crippen MR) is 115 cm³/mol. The molecule has 3 aliphatic heterocycles. The fraction of sp³-hybridized carbons (Fsp3) is 0.391. The van der Waals surface area contributed by atoms with Gasteiger partial charge in [-0.1, -0.05) is 12.1 Å². The molecule has 162 valence electrons. The van der Waals surface area contributed by atoms with Crippen molar-refractivity contribution in [1.29, 1.82) is 0 Å². The zero-order valence-electron chi connectivity index (χ0n) is 17.5. The van der Waals surface area contributed by atoms with Crippen molar-refractivity contribution in [3.05, 3.63) is 42.5 Å². The summed E-state index contributed by atoms with van der Waals surface area (Å²) >= 11 is 0. The Bertz CT molecular complexity index is 1000. The molecule has 8 nitrogen and oxygen atoms in total. The number of hydrogen-bond acceptors (Lipinski definition) is 6. The highest BCUT2D eigenvalue weighted by Crippen LogP contribution is 2.37. The van der Waals surface area contributed by atoms with Crippen LogP contribution in [-0.4, -0.2) is 63.3 Å². The van der Waals surface area contributed by atoms with Crippen LogP contribution in [-0.2, 0) is 9.59 Å². The second-order valence-corrected chi connectivity index (χ2v) is 7.93. The van der Waals surface area contributed by atoms with E-state index in [1.807, 2.05) is 35.2 Å². The third-order valence-electron chi connectivity index (χ3n) is 6.16. The highest BCUT2D eigenvalue weighted by molar-refractivity contribution is 6.00. The van der Waals surface area contributed by atoms with Crippen LogP contribution in [0.4, 0.5) is 11.4 Å².